The summed E-state index contributed by atoms with van der Waals surface area (Å²) < 4.78 is 32.9. The number of fused-ring (bicyclic) bond motifs is 1. The molecule has 2 N–H and O–H groups in total. The fourth-order valence-corrected chi connectivity index (χ4v) is 3.78. The van der Waals surface area contributed by atoms with Gasteiger partial charge in [0.25, 0.3) is 5.56 Å². The Balaban J connectivity index is 1.67. The third kappa shape index (κ3) is 4.75. The molecule has 6 nitrogen and oxygen atoms in total. The van der Waals surface area contributed by atoms with E-state index in [0.29, 0.717) is 17.7 Å². The zero-order valence-electron chi connectivity index (χ0n) is 15.2. The van der Waals surface area contributed by atoms with Gasteiger partial charge in [0.2, 0.25) is 10.0 Å². The Morgan fingerprint density at radius 1 is 1.07 bits per heavy atom. The van der Waals surface area contributed by atoms with Crippen LogP contribution in [0.2, 0.25) is 0 Å². The maximum atomic E-state index is 12.4. The number of sulfonamides is 1. The first-order valence-electron chi connectivity index (χ1n) is 8.72. The molecule has 0 radical (unpaired) electrons. The fourth-order valence-electron chi connectivity index (χ4n) is 2.75. The highest BCUT2D eigenvalue weighted by Gasteiger charge is 2.14. The lowest BCUT2D eigenvalue weighted by molar-refractivity contribution is 0.242. The van der Waals surface area contributed by atoms with E-state index in [1.165, 1.54) is 12.1 Å². The number of H-pyrrole nitrogens is 1. The van der Waals surface area contributed by atoms with Crippen LogP contribution in [0.3, 0.4) is 0 Å². The molecule has 0 saturated heterocycles. The van der Waals surface area contributed by atoms with E-state index in [-0.39, 0.29) is 23.1 Å². The minimum Gasteiger partial charge on any atom is -0.491 e. The summed E-state index contributed by atoms with van der Waals surface area (Å²) in [6.07, 6.45) is 0.319. The van der Waals surface area contributed by atoms with Crippen molar-refractivity contribution in [2.45, 2.75) is 31.3 Å². The van der Waals surface area contributed by atoms with Crippen LogP contribution in [0.25, 0.3) is 10.9 Å². The minimum atomic E-state index is -3.65. The summed E-state index contributed by atoms with van der Waals surface area (Å²) in [4.78, 5) is 15.1. The first kappa shape index (κ1) is 19.1. The van der Waals surface area contributed by atoms with Crippen molar-refractivity contribution in [1.29, 1.82) is 0 Å². The van der Waals surface area contributed by atoms with Gasteiger partial charge in [0, 0.05) is 17.6 Å². The Morgan fingerprint density at radius 3 is 2.48 bits per heavy atom. The summed E-state index contributed by atoms with van der Waals surface area (Å²) in [5.74, 6) is 0.617. The molecule has 0 atom stereocenters. The van der Waals surface area contributed by atoms with Crippen molar-refractivity contribution >= 4 is 20.9 Å². The van der Waals surface area contributed by atoms with Crippen LogP contribution in [-0.2, 0) is 16.4 Å². The van der Waals surface area contributed by atoms with Crippen LogP contribution in [0.15, 0.2) is 64.3 Å². The number of hydrogen-bond donors (Lipinski definition) is 2. The van der Waals surface area contributed by atoms with Gasteiger partial charge < -0.3 is 9.72 Å². The van der Waals surface area contributed by atoms with Gasteiger partial charge >= 0.3 is 0 Å². The van der Waals surface area contributed by atoms with E-state index in [1.807, 2.05) is 38.1 Å². The summed E-state index contributed by atoms with van der Waals surface area (Å²) in [6, 6.07) is 15.5. The molecule has 0 unspecified atom stereocenters. The molecule has 1 heterocycles. The zero-order chi connectivity index (χ0) is 19.4. The topological polar surface area (TPSA) is 88.3 Å². The molecule has 1 aromatic heterocycles. The van der Waals surface area contributed by atoms with Gasteiger partial charge in [0.05, 0.1) is 11.0 Å². The first-order valence-corrected chi connectivity index (χ1v) is 10.2. The average molecular weight is 386 g/mol. The van der Waals surface area contributed by atoms with Crippen molar-refractivity contribution < 1.29 is 13.2 Å². The fraction of sp³-hybridized carbons (Fsp3) is 0.250. The van der Waals surface area contributed by atoms with Crippen molar-refractivity contribution in [1.82, 2.24) is 9.71 Å². The summed E-state index contributed by atoms with van der Waals surface area (Å²) >= 11 is 0. The van der Waals surface area contributed by atoms with E-state index in [1.54, 1.807) is 18.2 Å². The normalized spacial score (nSPS) is 11.8. The van der Waals surface area contributed by atoms with Crippen LogP contribution in [0.4, 0.5) is 0 Å². The summed E-state index contributed by atoms with van der Waals surface area (Å²) in [6.45, 7) is 3.94. The van der Waals surface area contributed by atoms with Gasteiger partial charge in [-0.05, 0) is 62.1 Å². The lowest BCUT2D eigenvalue weighted by Gasteiger charge is -2.11. The van der Waals surface area contributed by atoms with E-state index >= 15 is 0 Å². The number of benzene rings is 2. The molecule has 0 bridgehead atoms. The molecule has 0 aliphatic carbocycles. The van der Waals surface area contributed by atoms with Crippen LogP contribution in [-0.4, -0.2) is 26.1 Å². The van der Waals surface area contributed by atoms with Crippen molar-refractivity contribution in [3.63, 3.8) is 0 Å². The molecule has 0 fully saturated rings. The second-order valence-corrected chi connectivity index (χ2v) is 8.26. The predicted molar refractivity (Wildman–Crippen MR) is 106 cm³/mol. The summed E-state index contributed by atoms with van der Waals surface area (Å²) in [7, 11) is -3.65. The third-order valence-electron chi connectivity index (χ3n) is 4.02. The molecule has 0 spiro atoms. The molecule has 0 amide bonds. The molecular formula is C20H22N2O4S. The van der Waals surface area contributed by atoms with Gasteiger partial charge in [-0.15, -0.1) is 0 Å². The standard InChI is InChI=1S/C20H22N2O4S/c1-14(2)26-17-7-9-18(10-8-17)27(24,25)21-12-11-16-13-15-5-3-4-6-19(15)22-20(16)23/h3-10,13-14,21H,11-12H2,1-2H3,(H,22,23). The number of ether oxygens (including phenoxy) is 1. The number of aromatic amines is 1. The van der Waals surface area contributed by atoms with Gasteiger partial charge in [-0.3, -0.25) is 4.79 Å². The average Bonchev–Trinajstić information content (AvgIpc) is 2.62. The van der Waals surface area contributed by atoms with Gasteiger partial charge in [-0.1, -0.05) is 18.2 Å². The Morgan fingerprint density at radius 2 is 1.78 bits per heavy atom. The second kappa shape index (κ2) is 7.94. The summed E-state index contributed by atoms with van der Waals surface area (Å²) in [5.41, 5.74) is 1.09. The molecule has 0 saturated carbocycles. The van der Waals surface area contributed by atoms with Crippen LogP contribution >= 0.6 is 0 Å². The number of pyridine rings is 1. The van der Waals surface area contributed by atoms with Crippen molar-refractivity contribution in [3.05, 3.63) is 70.5 Å². The number of aromatic nitrogens is 1. The van der Waals surface area contributed by atoms with Crippen molar-refractivity contribution in [3.8, 4) is 5.75 Å². The maximum Gasteiger partial charge on any atom is 0.251 e. The summed E-state index contributed by atoms with van der Waals surface area (Å²) in [5, 5.41) is 0.913. The van der Waals surface area contributed by atoms with Gasteiger partial charge in [0.1, 0.15) is 5.75 Å². The van der Waals surface area contributed by atoms with Crippen LogP contribution in [0.5, 0.6) is 5.75 Å². The molecule has 142 valence electrons. The molecule has 0 aliphatic heterocycles. The van der Waals surface area contributed by atoms with Crippen LogP contribution in [0, 0.1) is 0 Å². The molecule has 7 heteroatoms. The van der Waals surface area contributed by atoms with E-state index in [4.69, 9.17) is 4.74 Å². The number of para-hydroxylation sites is 1. The number of rotatable bonds is 7. The van der Waals surface area contributed by atoms with Gasteiger partial charge in [-0.25, -0.2) is 13.1 Å². The molecule has 3 rings (SSSR count). The van der Waals surface area contributed by atoms with E-state index < -0.39 is 10.0 Å². The molecule has 27 heavy (non-hydrogen) atoms. The predicted octanol–water partition coefficient (Wildman–Crippen LogP) is 2.84. The van der Waals surface area contributed by atoms with Crippen LogP contribution in [0.1, 0.15) is 19.4 Å². The van der Waals surface area contributed by atoms with Crippen LogP contribution < -0.4 is 15.0 Å². The molecular weight excluding hydrogens is 364 g/mol. The monoisotopic (exact) mass is 386 g/mol. The lowest BCUT2D eigenvalue weighted by Crippen LogP contribution is -2.27. The first-order chi connectivity index (χ1) is 12.8. The second-order valence-electron chi connectivity index (χ2n) is 6.50. The maximum absolute atomic E-state index is 12.4. The Labute approximate surface area is 158 Å². The Hall–Kier alpha value is -2.64. The molecule has 0 aliphatic rings. The van der Waals surface area contributed by atoms with Crippen molar-refractivity contribution in [2.24, 2.45) is 0 Å². The van der Waals surface area contributed by atoms with E-state index in [2.05, 4.69) is 9.71 Å². The zero-order valence-corrected chi connectivity index (χ0v) is 16.0. The number of nitrogens with one attached hydrogen (secondary N) is 2. The van der Waals surface area contributed by atoms with Gasteiger partial charge in [-0.2, -0.15) is 0 Å². The highest BCUT2D eigenvalue weighted by Crippen LogP contribution is 2.17. The lowest BCUT2D eigenvalue weighted by atomic mass is 10.1. The van der Waals surface area contributed by atoms with E-state index in [0.717, 1.165) is 10.9 Å². The smallest absolute Gasteiger partial charge is 0.251 e. The Kier molecular flexibility index (Phi) is 5.62. The SMILES string of the molecule is CC(C)Oc1ccc(S(=O)(=O)NCCc2cc3ccccc3[nH]c2=O)cc1. The third-order valence-corrected chi connectivity index (χ3v) is 5.50. The molecule has 2 aromatic carbocycles. The van der Waals surface area contributed by atoms with Gasteiger partial charge in [0.15, 0.2) is 0 Å². The Bertz CT molecular complexity index is 1090. The van der Waals surface area contributed by atoms with E-state index in [9.17, 15) is 13.2 Å². The quantitative estimate of drug-likeness (QED) is 0.654. The highest BCUT2D eigenvalue weighted by atomic mass is 32.2. The highest BCUT2D eigenvalue weighted by molar-refractivity contribution is 7.89. The minimum absolute atomic E-state index is 0.0191. The van der Waals surface area contributed by atoms with Crippen molar-refractivity contribution in [2.75, 3.05) is 6.54 Å². The number of hydrogen-bond acceptors (Lipinski definition) is 4. The largest absolute Gasteiger partial charge is 0.491 e. The molecule has 3 aromatic rings.